The first kappa shape index (κ1) is 17.0. The molecular weight excluding hydrogens is 232 g/mol. The summed E-state index contributed by atoms with van der Waals surface area (Å²) in [6.07, 6.45) is 5.72. The molecule has 0 unspecified atom stereocenters. The largest absolute Gasteiger partial charge is 0.303 e. The van der Waals surface area contributed by atoms with Crippen molar-refractivity contribution in [2.45, 2.75) is 72.4 Å². The van der Waals surface area contributed by atoms with Crippen LogP contribution in [-0.4, -0.2) is 48.6 Å². The fraction of sp³-hybridized carbons (Fsp3) is 1.00. The van der Waals surface area contributed by atoms with Gasteiger partial charge in [0.25, 0.3) is 0 Å². The Balaban J connectivity index is 2.36. The molecule has 0 saturated heterocycles. The van der Waals surface area contributed by atoms with Crippen molar-refractivity contribution in [2.24, 2.45) is 11.8 Å². The Bertz CT molecular complexity index is 229. The normalized spacial score (nSPS) is 24.9. The molecule has 1 saturated carbocycles. The van der Waals surface area contributed by atoms with Crippen molar-refractivity contribution in [1.29, 1.82) is 0 Å². The van der Waals surface area contributed by atoms with E-state index >= 15 is 0 Å². The summed E-state index contributed by atoms with van der Waals surface area (Å²) in [7, 11) is 2.24. The van der Waals surface area contributed by atoms with E-state index in [9.17, 15) is 0 Å². The molecule has 1 fully saturated rings. The van der Waals surface area contributed by atoms with Crippen LogP contribution in [0.1, 0.15) is 60.3 Å². The van der Waals surface area contributed by atoms with Crippen LogP contribution in [0.5, 0.6) is 0 Å². The number of nitrogens with zero attached hydrogens (tertiary/aromatic N) is 2. The Labute approximate surface area is 121 Å². The highest BCUT2D eigenvalue weighted by Crippen LogP contribution is 2.32. The molecule has 0 aromatic heterocycles. The molecule has 2 nitrogen and oxygen atoms in total. The van der Waals surface area contributed by atoms with E-state index in [1.165, 1.54) is 45.3 Å². The molecule has 1 aliphatic carbocycles. The minimum absolute atomic E-state index is 0.662. The number of hydrogen-bond donors (Lipinski definition) is 0. The van der Waals surface area contributed by atoms with Gasteiger partial charge < -0.3 is 4.90 Å². The van der Waals surface area contributed by atoms with E-state index in [2.05, 4.69) is 51.5 Å². The molecule has 0 aromatic rings. The summed E-state index contributed by atoms with van der Waals surface area (Å²) < 4.78 is 0. The molecule has 0 bridgehead atoms. The topological polar surface area (TPSA) is 6.48 Å². The van der Waals surface area contributed by atoms with Gasteiger partial charge in [-0.05, 0) is 65.0 Å². The third kappa shape index (κ3) is 5.43. The predicted molar refractivity (Wildman–Crippen MR) is 85.6 cm³/mol. The molecule has 1 aliphatic rings. The number of rotatable bonds is 7. The first-order valence-corrected chi connectivity index (χ1v) is 8.40. The minimum Gasteiger partial charge on any atom is -0.303 e. The van der Waals surface area contributed by atoms with Crippen LogP contribution in [0, 0.1) is 11.8 Å². The van der Waals surface area contributed by atoms with E-state index < -0.39 is 0 Å². The zero-order valence-electron chi connectivity index (χ0n) is 14.2. The second-order valence-electron chi connectivity index (χ2n) is 7.02. The van der Waals surface area contributed by atoms with Gasteiger partial charge in [-0.15, -0.1) is 0 Å². The predicted octanol–water partition coefficient (Wildman–Crippen LogP) is 3.86. The lowest BCUT2D eigenvalue weighted by molar-refractivity contribution is 0.113. The third-order valence-corrected chi connectivity index (χ3v) is 5.23. The second kappa shape index (κ2) is 8.26. The first-order chi connectivity index (χ1) is 8.95. The molecule has 0 radical (unpaired) electrons. The van der Waals surface area contributed by atoms with Gasteiger partial charge in [-0.1, -0.05) is 20.8 Å². The highest BCUT2D eigenvalue weighted by molar-refractivity contribution is 4.81. The van der Waals surface area contributed by atoms with Gasteiger partial charge in [-0.2, -0.15) is 0 Å². The molecule has 2 heteroatoms. The molecule has 0 N–H and O–H groups in total. The summed E-state index contributed by atoms with van der Waals surface area (Å²) in [6, 6.07) is 1.51. The Kier molecular flexibility index (Phi) is 7.38. The molecule has 0 heterocycles. The van der Waals surface area contributed by atoms with Crippen molar-refractivity contribution >= 4 is 0 Å². The average Bonchev–Trinajstić information content (AvgIpc) is 2.39. The van der Waals surface area contributed by atoms with E-state index in [0.717, 1.165) is 17.9 Å². The van der Waals surface area contributed by atoms with Crippen molar-refractivity contribution < 1.29 is 0 Å². The molecule has 0 spiro atoms. The van der Waals surface area contributed by atoms with Crippen LogP contribution in [0.15, 0.2) is 0 Å². The number of likely N-dealkylation sites (N-methyl/N-ethyl adjacent to an activating group) is 2. The Morgan fingerprint density at radius 3 is 1.95 bits per heavy atom. The van der Waals surface area contributed by atoms with E-state index in [0.29, 0.717) is 6.04 Å². The molecule has 0 aromatic carbocycles. The second-order valence-corrected chi connectivity index (χ2v) is 7.02. The quantitative estimate of drug-likeness (QED) is 0.692. The Morgan fingerprint density at radius 1 is 0.947 bits per heavy atom. The highest BCUT2D eigenvalue weighted by atomic mass is 15.2. The summed E-state index contributed by atoms with van der Waals surface area (Å²) in [6.45, 7) is 15.3. The summed E-state index contributed by atoms with van der Waals surface area (Å²) in [5.41, 5.74) is 0. The number of hydrogen-bond acceptors (Lipinski definition) is 2. The average molecular weight is 268 g/mol. The lowest BCUT2D eigenvalue weighted by Crippen LogP contribution is -2.43. The highest BCUT2D eigenvalue weighted by Gasteiger charge is 2.26. The molecular formula is C17H36N2. The summed E-state index contributed by atoms with van der Waals surface area (Å²) >= 11 is 0. The van der Waals surface area contributed by atoms with Crippen LogP contribution in [0.4, 0.5) is 0 Å². The molecule has 19 heavy (non-hydrogen) atoms. The third-order valence-electron chi connectivity index (χ3n) is 5.23. The Hall–Kier alpha value is -0.0800. The van der Waals surface area contributed by atoms with Crippen LogP contribution >= 0.6 is 0 Å². The van der Waals surface area contributed by atoms with Crippen molar-refractivity contribution in [2.75, 3.05) is 26.7 Å². The van der Waals surface area contributed by atoms with Gasteiger partial charge in [0.15, 0.2) is 0 Å². The van der Waals surface area contributed by atoms with Crippen LogP contribution in [-0.2, 0) is 0 Å². The van der Waals surface area contributed by atoms with Crippen molar-refractivity contribution in [3.63, 3.8) is 0 Å². The lowest BCUT2D eigenvalue weighted by Gasteiger charge is -2.38. The van der Waals surface area contributed by atoms with Gasteiger partial charge in [0, 0.05) is 25.2 Å². The monoisotopic (exact) mass is 268 g/mol. The van der Waals surface area contributed by atoms with Gasteiger partial charge in [-0.25, -0.2) is 0 Å². The van der Waals surface area contributed by atoms with Crippen LogP contribution in [0.25, 0.3) is 0 Å². The van der Waals surface area contributed by atoms with E-state index in [4.69, 9.17) is 0 Å². The fourth-order valence-corrected chi connectivity index (χ4v) is 3.28. The fourth-order valence-electron chi connectivity index (χ4n) is 3.28. The van der Waals surface area contributed by atoms with Gasteiger partial charge >= 0.3 is 0 Å². The summed E-state index contributed by atoms with van der Waals surface area (Å²) in [5, 5.41) is 0. The SMILES string of the molecule is CCN(CCN(C)C(C)C)C1CCC(C(C)C)CC1. The lowest BCUT2D eigenvalue weighted by atomic mass is 9.79. The zero-order chi connectivity index (χ0) is 14.4. The van der Waals surface area contributed by atoms with Crippen LogP contribution in [0.3, 0.4) is 0 Å². The maximum atomic E-state index is 2.72. The van der Waals surface area contributed by atoms with E-state index in [1.807, 2.05) is 0 Å². The minimum atomic E-state index is 0.662. The summed E-state index contributed by atoms with van der Waals surface area (Å²) in [4.78, 5) is 5.18. The molecule has 114 valence electrons. The van der Waals surface area contributed by atoms with E-state index in [1.54, 1.807) is 0 Å². The molecule has 0 aliphatic heterocycles. The van der Waals surface area contributed by atoms with Gasteiger partial charge in [0.1, 0.15) is 0 Å². The first-order valence-electron chi connectivity index (χ1n) is 8.40. The van der Waals surface area contributed by atoms with Crippen molar-refractivity contribution in [3.05, 3.63) is 0 Å². The molecule has 1 rings (SSSR count). The molecule has 0 amide bonds. The zero-order valence-corrected chi connectivity index (χ0v) is 14.2. The van der Waals surface area contributed by atoms with Crippen LogP contribution < -0.4 is 0 Å². The van der Waals surface area contributed by atoms with Gasteiger partial charge in [0.05, 0.1) is 0 Å². The van der Waals surface area contributed by atoms with E-state index in [-0.39, 0.29) is 0 Å². The Morgan fingerprint density at radius 2 is 1.53 bits per heavy atom. The summed E-state index contributed by atoms with van der Waals surface area (Å²) in [5.74, 6) is 1.86. The maximum Gasteiger partial charge on any atom is 0.0112 e. The standard InChI is InChI=1S/C17H36N2/c1-7-19(13-12-18(6)15(4)5)17-10-8-16(9-11-17)14(2)3/h14-17H,7-13H2,1-6H3. The van der Waals surface area contributed by atoms with Crippen LogP contribution in [0.2, 0.25) is 0 Å². The smallest absolute Gasteiger partial charge is 0.0112 e. The van der Waals surface area contributed by atoms with Crippen molar-refractivity contribution in [3.8, 4) is 0 Å². The maximum absolute atomic E-state index is 2.72. The van der Waals surface area contributed by atoms with Crippen molar-refractivity contribution in [1.82, 2.24) is 9.80 Å². The van der Waals surface area contributed by atoms with Gasteiger partial charge in [0.2, 0.25) is 0 Å². The van der Waals surface area contributed by atoms with Gasteiger partial charge in [-0.3, -0.25) is 4.90 Å². The molecule has 0 atom stereocenters.